The molecule has 1 amide bonds. The first-order valence-electron chi connectivity index (χ1n) is 5.10. The van der Waals surface area contributed by atoms with Crippen LogP contribution in [-0.2, 0) is 4.79 Å². The zero-order valence-corrected chi connectivity index (χ0v) is 8.12. The van der Waals surface area contributed by atoms with Crippen molar-refractivity contribution in [2.45, 2.75) is 32.2 Å². The maximum absolute atomic E-state index is 10.9. The summed E-state index contributed by atoms with van der Waals surface area (Å²) in [6.45, 7) is 5.47. The Morgan fingerprint density at radius 1 is 1.46 bits per heavy atom. The van der Waals surface area contributed by atoms with Gasteiger partial charge < -0.3 is 5.32 Å². The minimum Gasteiger partial charge on any atom is -0.353 e. The molecule has 1 N–H and O–H groups in total. The van der Waals surface area contributed by atoms with E-state index in [9.17, 15) is 4.79 Å². The largest absolute Gasteiger partial charge is 0.353 e. The molecule has 2 fully saturated rings. The van der Waals surface area contributed by atoms with Crippen LogP contribution in [0, 0.1) is 17.8 Å². The third-order valence-corrected chi connectivity index (χ3v) is 3.56. The molecule has 2 nitrogen and oxygen atoms in total. The Hall–Kier alpha value is -0.790. The number of rotatable bonds is 2. The van der Waals surface area contributed by atoms with Crippen LogP contribution in [0.3, 0.4) is 0 Å². The fraction of sp³-hybridized carbons (Fsp3) is 0.727. The molecule has 0 aromatic rings. The monoisotopic (exact) mass is 179 g/mol. The van der Waals surface area contributed by atoms with Crippen molar-refractivity contribution in [2.24, 2.45) is 17.8 Å². The highest BCUT2D eigenvalue weighted by molar-refractivity contribution is 5.73. The molecule has 2 bridgehead atoms. The lowest BCUT2D eigenvalue weighted by atomic mass is 9.85. The Bertz CT molecular complexity index is 236. The average Bonchev–Trinajstić information content (AvgIpc) is 2.60. The minimum absolute atomic E-state index is 0.111. The van der Waals surface area contributed by atoms with Crippen LogP contribution in [-0.4, -0.2) is 11.9 Å². The molecule has 0 radical (unpaired) electrons. The molecule has 2 heteroatoms. The Kier molecular flexibility index (Phi) is 2.14. The Balaban J connectivity index is 2.01. The van der Waals surface area contributed by atoms with Crippen LogP contribution in [0.25, 0.3) is 0 Å². The van der Waals surface area contributed by atoms with Crippen molar-refractivity contribution in [3.63, 3.8) is 0 Å². The lowest BCUT2D eigenvalue weighted by molar-refractivity contribution is -0.120. The van der Waals surface area contributed by atoms with Gasteiger partial charge in [0.25, 0.3) is 0 Å². The summed E-state index contributed by atoms with van der Waals surface area (Å²) >= 11 is 0. The first kappa shape index (κ1) is 8.79. The Morgan fingerprint density at radius 3 is 2.77 bits per heavy atom. The number of allylic oxidation sites excluding steroid dienone is 1. The minimum atomic E-state index is 0.111. The zero-order chi connectivity index (χ0) is 9.42. The van der Waals surface area contributed by atoms with E-state index in [2.05, 4.69) is 18.0 Å². The maximum Gasteiger partial charge on any atom is 0.217 e. The van der Waals surface area contributed by atoms with E-state index in [1.54, 1.807) is 6.92 Å². The first-order chi connectivity index (χ1) is 6.20. The van der Waals surface area contributed by atoms with Crippen molar-refractivity contribution in [3.8, 4) is 0 Å². The van der Waals surface area contributed by atoms with Crippen molar-refractivity contribution >= 4 is 5.91 Å². The molecular formula is C11H17NO. The van der Waals surface area contributed by atoms with Crippen LogP contribution in [0.4, 0.5) is 0 Å². The van der Waals surface area contributed by atoms with E-state index in [1.807, 2.05) is 0 Å². The predicted molar refractivity (Wildman–Crippen MR) is 52.1 cm³/mol. The van der Waals surface area contributed by atoms with Crippen LogP contribution >= 0.6 is 0 Å². The van der Waals surface area contributed by atoms with Crippen LogP contribution in [0.15, 0.2) is 12.7 Å². The smallest absolute Gasteiger partial charge is 0.217 e. The quantitative estimate of drug-likeness (QED) is 0.642. The van der Waals surface area contributed by atoms with Gasteiger partial charge in [-0.2, -0.15) is 0 Å². The number of hydrogen-bond donors (Lipinski definition) is 1. The molecule has 0 aliphatic heterocycles. The molecule has 0 saturated heterocycles. The summed E-state index contributed by atoms with van der Waals surface area (Å²) < 4.78 is 0. The molecule has 2 aliphatic rings. The summed E-state index contributed by atoms with van der Waals surface area (Å²) in [5.41, 5.74) is 0. The van der Waals surface area contributed by atoms with Crippen LogP contribution in [0.2, 0.25) is 0 Å². The van der Waals surface area contributed by atoms with Gasteiger partial charge in [0, 0.05) is 13.0 Å². The molecule has 4 atom stereocenters. The Morgan fingerprint density at radius 2 is 2.23 bits per heavy atom. The van der Waals surface area contributed by atoms with Crippen LogP contribution in [0.5, 0.6) is 0 Å². The van der Waals surface area contributed by atoms with Gasteiger partial charge in [0.15, 0.2) is 0 Å². The van der Waals surface area contributed by atoms with Crippen molar-refractivity contribution in [1.29, 1.82) is 0 Å². The van der Waals surface area contributed by atoms with Crippen molar-refractivity contribution < 1.29 is 4.79 Å². The summed E-state index contributed by atoms with van der Waals surface area (Å²) in [4.78, 5) is 10.9. The van der Waals surface area contributed by atoms with Crippen LogP contribution < -0.4 is 5.32 Å². The van der Waals surface area contributed by atoms with E-state index in [1.165, 1.54) is 19.3 Å². The van der Waals surface area contributed by atoms with E-state index in [-0.39, 0.29) is 5.91 Å². The third-order valence-electron chi connectivity index (χ3n) is 3.56. The summed E-state index contributed by atoms with van der Waals surface area (Å²) in [5.74, 6) is 2.27. The van der Waals surface area contributed by atoms with Gasteiger partial charge in [0.1, 0.15) is 0 Å². The second kappa shape index (κ2) is 3.17. The van der Waals surface area contributed by atoms with Gasteiger partial charge in [-0.3, -0.25) is 4.79 Å². The summed E-state index contributed by atoms with van der Waals surface area (Å²) in [7, 11) is 0. The number of carbonyl (C=O) groups is 1. The highest BCUT2D eigenvalue weighted by Gasteiger charge is 2.44. The fourth-order valence-corrected chi connectivity index (χ4v) is 3.10. The van der Waals surface area contributed by atoms with E-state index in [0.717, 1.165) is 5.92 Å². The van der Waals surface area contributed by atoms with Gasteiger partial charge in [0.05, 0.1) is 0 Å². The second-order valence-electron chi connectivity index (χ2n) is 4.44. The maximum atomic E-state index is 10.9. The molecule has 0 heterocycles. The molecule has 13 heavy (non-hydrogen) atoms. The normalized spacial score (nSPS) is 41.9. The number of fused-ring (bicyclic) bond motifs is 2. The van der Waals surface area contributed by atoms with Crippen molar-refractivity contribution in [1.82, 2.24) is 5.32 Å². The molecule has 0 spiro atoms. The number of carbonyl (C=O) groups excluding carboxylic acids is 1. The van der Waals surface area contributed by atoms with Gasteiger partial charge in [-0.05, 0) is 37.0 Å². The predicted octanol–water partition coefficient (Wildman–Crippen LogP) is 1.72. The van der Waals surface area contributed by atoms with Gasteiger partial charge in [-0.25, -0.2) is 0 Å². The molecule has 2 rings (SSSR count). The number of hydrogen-bond acceptors (Lipinski definition) is 1. The SMILES string of the molecule is C=C[C@H]1C[C@@H]2C[C@H]1[C@H](NC(C)=O)C2. The van der Waals surface area contributed by atoms with E-state index >= 15 is 0 Å². The lowest BCUT2D eigenvalue weighted by Crippen LogP contribution is -2.39. The molecule has 2 aliphatic carbocycles. The highest BCUT2D eigenvalue weighted by Crippen LogP contribution is 2.48. The third kappa shape index (κ3) is 1.50. The topological polar surface area (TPSA) is 29.1 Å². The fourth-order valence-electron chi connectivity index (χ4n) is 3.10. The van der Waals surface area contributed by atoms with Crippen LogP contribution in [0.1, 0.15) is 26.2 Å². The van der Waals surface area contributed by atoms with Gasteiger partial charge in [0.2, 0.25) is 5.91 Å². The molecule has 72 valence electrons. The lowest BCUT2D eigenvalue weighted by Gasteiger charge is -2.27. The van der Waals surface area contributed by atoms with Crippen molar-refractivity contribution in [3.05, 3.63) is 12.7 Å². The number of nitrogens with one attached hydrogen (secondary N) is 1. The zero-order valence-electron chi connectivity index (χ0n) is 8.12. The van der Waals surface area contributed by atoms with E-state index in [0.29, 0.717) is 17.9 Å². The molecule has 0 aromatic heterocycles. The standard InChI is InChI=1S/C11H17NO/c1-3-9-4-8-5-10(9)11(6-8)12-7(2)13/h3,8-11H,1,4-6H2,2H3,(H,12,13)/t8-,9+,10-,11-/m1/s1. The molecule has 0 unspecified atom stereocenters. The van der Waals surface area contributed by atoms with Gasteiger partial charge in [-0.15, -0.1) is 6.58 Å². The van der Waals surface area contributed by atoms with Crippen molar-refractivity contribution in [2.75, 3.05) is 0 Å². The van der Waals surface area contributed by atoms with Gasteiger partial charge in [-0.1, -0.05) is 6.08 Å². The van der Waals surface area contributed by atoms with Gasteiger partial charge >= 0.3 is 0 Å². The number of amides is 1. The van der Waals surface area contributed by atoms with E-state index < -0.39 is 0 Å². The Labute approximate surface area is 79.4 Å². The average molecular weight is 179 g/mol. The van der Waals surface area contributed by atoms with E-state index in [4.69, 9.17) is 0 Å². The molecular weight excluding hydrogens is 162 g/mol. The molecule has 0 aromatic carbocycles. The first-order valence-corrected chi connectivity index (χ1v) is 5.10. The molecule has 2 saturated carbocycles. The summed E-state index contributed by atoms with van der Waals surface area (Å²) in [6, 6.07) is 0.430. The summed E-state index contributed by atoms with van der Waals surface area (Å²) in [6.07, 6.45) is 5.85. The summed E-state index contributed by atoms with van der Waals surface area (Å²) in [5, 5.41) is 3.05. The second-order valence-corrected chi connectivity index (χ2v) is 4.44. The highest BCUT2D eigenvalue weighted by atomic mass is 16.1.